The van der Waals surface area contributed by atoms with Gasteiger partial charge in [-0.2, -0.15) is 0 Å². The van der Waals surface area contributed by atoms with Crippen molar-refractivity contribution in [3.8, 4) is 17.2 Å². The van der Waals surface area contributed by atoms with E-state index < -0.39 is 12.1 Å². The van der Waals surface area contributed by atoms with E-state index in [4.69, 9.17) is 14.2 Å². The number of fused-ring (bicyclic) bond motifs is 2. The van der Waals surface area contributed by atoms with Crippen LogP contribution < -0.4 is 14.4 Å². The lowest BCUT2D eigenvalue weighted by molar-refractivity contribution is -0.149. The molecule has 29 heavy (non-hydrogen) atoms. The van der Waals surface area contributed by atoms with Crippen LogP contribution in [0.2, 0.25) is 0 Å². The molecule has 0 radical (unpaired) electrons. The zero-order valence-corrected chi connectivity index (χ0v) is 17.5. The van der Waals surface area contributed by atoms with Gasteiger partial charge in [-0.3, -0.25) is 0 Å². The van der Waals surface area contributed by atoms with Gasteiger partial charge in [-0.05, 0) is 47.5 Å². The van der Waals surface area contributed by atoms with Gasteiger partial charge in [0.2, 0.25) is 0 Å². The van der Waals surface area contributed by atoms with Crippen LogP contribution in [0, 0.1) is 0 Å². The van der Waals surface area contributed by atoms with Gasteiger partial charge in [-0.25, -0.2) is 4.79 Å². The summed E-state index contributed by atoms with van der Waals surface area (Å²) in [6.07, 6.45) is -0.493. The summed E-state index contributed by atoms with van der Waals surface area (Å²) in [4.78, 5) is 13.5. The van der Waals surface area contributed by atoms with Crippen LogP contribution >= 0.6 is 22.7 Å². The molecule has 1 aliphatic heterocycles. The van der Waals surface area contributed by atoms with Crippen molar-refractivity contribution in [3.63, 3.8) is 0 Å². The molecule has 1 atom stereocenters. The van der Waals surface area contributed by atoms with Gasteiger partial charge in [0.25, 0.3) is 0 Å². The second-order valence-corrected chi connectivity index (χ2v) is 8.20. The molecule has 0 amide bonds. The van der Waals surface area contributed by atoms with E-state index in [0.717, 1.165) is 32.8 Å². The number of nitrogens with zero attached hydrogens (tertiary/aromatic N) is 1. The number of rotatable bonds is 9. The van der Waals surface area contributed by atoms with E-state index in [9.17, 15) is 9.90 Å². The van der Waals surface area contributed by atoms with E-state index >= 15 is 0 Å². The SMILES string of the molecule is CCOC(Cc1ccc(OCCN2c3sccc3Oc3ccsc32)cc1)C(=O)O. The lowest BCUT2D eigenvalue weighted by Gasteiger charge is -2.27. The van der Waals surface area contributed by atoms with Gasteiger partial charge in [0, 0.05) is 13.0 Å². The zero-order chi connectivity index (χ0) is 20.2. The average molecular weight is 432 g/mol. The van der Waals surface area contributed by atoms with Crippen molar-refractivity contribution in [2.75, 3.05) is 24.7 Å². The van der Waals surface area contributed by atoms with Crippen LogP contribution in [-0.2, 0) is 16.0 Å². The summed E-state index contributed by atoms with van der Waals surface area (Å²) >= 11 is 3.31. The van der Waals surface area contributed by atoms with Crippen molar-refractivity contribution >= 4 is 38.6 Å². The first-order valence-corrected chi connectivity index (χ1v) is 11.1. The molecule has 152 valence electrons. The summed E-state index contributed by atoms with van der Waals surface area (Å²) in [7, 11) is 0. The number of hydrogen-bond donors (Lipinski definition) is 1. The Morgan fingerprint density at radius 1 is 1.10 bits per heavy atom. The third kappa shape index (κ3) is 4.39. The van der Waals surface area contributed by atoms with Crippen molar-refractivity contribution in [1.82, 2.24) is 0 Å². The van der Waals surface area contributed by atoms with E-state index in [2.05, 4.69) is 4.90 Å². The smallest absolute Gasteiger partial charge is 0.333 e. The van der Waals surface area contributed by atoms with Crippen LogP contribution in [0.25, 0.3) is 0 Å². The van der Waals surface area contributed by atoms with Crippen molar-refractivity contribution in [2.24, 2.45) is 0 Å². The van der Waals surface area contributed by atoms with Gasteiger partial charge >= 0.3 is 5.97 Å². The molecule has 1 aliphatic rings. The summed E-state index contributed by atoms with van der Waals surface area (Å²) in [5, 5.41) is 15.4. The van der Waals surface area contributed by atoms with Crippen molar-refractivity contribution in [1.29, 1.82) is 0 Å². The molecule has 6 nitrogen and oxygen atoms in total. The highest BCUT2D eigenvalue weighted by molar-refractivity contribution is 7.17. The predicted molar refractivity (Wildman–Crippen MR) is 114 cm³/mol. The Hall–Kier alpha value is -2.55. The van der Waals surface area contributed by atoms with Gasteiger partial charge in [0.1, 0.15) is 22.4 Å². The second kappa shape index (κ2) is 8.86. The van der Waals surface area contributed by atoms with Crippen molar-refractivity contribution in [2.45, 2.75) is 19.4 Å². The highest BCUT2D eigenvalue weighted by Crippen LogP contribution is 2.51. The monoisotopic (exact) mass is 431 g/mol. The second-order valence-electron chi connectivity index (χ2n) is 6.41. The van der Waals surface area contributed by atoms with E-state index in [1.54, 1.807) is 29.6 Å². The average Bonchev–Trinajstić information content (AvgIpc) is 3.37. The van der Waals surface area contributed by atoms with E-state index in [1.807, 2.05) is 47.2 Å². The maximum Gasteiger partial charge on any atom is 0.333 e. The minimum Gasteiger partial charge on any atom is -0.492 e. The third-order valence-corrected chi connectivity index (χ3v) is 6.34. The molecule has 1 N–H and O–H groups in total. The lowest BCUT2D eigenvalue weighted by atomic mass is 10.1. The molecule has 0 spiro atoms. The number of carboxylic acid groups (broad SMARTS) is 1. The Labute approximate surface area is 176 Å². The number of ether oxygens (including phenoxy) is 3. The minimum absolute atomic E-state index is 0.333. The largest absolute Gasteiger partial charge is 0.492 e. The van der Waals surface area contributed by atoms with Crippen molar-refractivity contribution in [3.05, 3.63) is 52.7 Å². The van der Waals surface area contributed by atoms with Gasteiger partial charge in [0.05, 0.1) is 6.54 Å². The molecule has 4 rings (SSSR count). The van der Waals surface area contributed by atoms with E-state index in [-0.39, 0.29) is 0 Å². The molecular formula is C21H21NO5S2. The number of aliphatic carboxylic acids is 1. The van der Waals surface area contributed by atoms with Crippen LogP contribution in [0.3, 0.4) is 0 Å². The van der Waals surface area contributed by atoms with Crippen molar-refractivity contribution < 1.29 is 24.1 Å². The molecular weight excluding hydrogens is 410 g/mol. The van der Waals surface area contributed by atoms with Gasteiger partial charge in [-0.15, -0.1) is 22.7 Å². The summed E-state index contributed by atoms with van der Waals surface area (Å²) in [6, 6.07) is 11.5. The predicted octanol–water partition coefficient (Wildman–Crippen LogP) is 5.16. The summed E-state index contributed by atoms with van der Waals surface area (Å²) in [5.74, 6) is 1.57. The highest BCUT2D eigenvalue weighted by atomic mass is 32.1. The van der Waals surface area contributed by atoms with Crippen LogP contribution in [0.4, 0.5) is 10.0 Å². The fourth-order valence-electron chi connectivity index (χ4n) is 3.15. The highest BCUT2D eigenvalue weighted by Gasteiger charge is 2.26. The third-order valence-electron chi connectivity index (χ3n) is 4.50. The lowest BCUT2D eigenvalue weighted by Crippen LogP contribution is -2.26. The molecule has 3 heterocycles. The maximum atomic E-state index is 11.2. The summed E-state index contributed by atoms with van der Waals surface area (Å²) in [6.45, 7) is 3.39. The first-order valence-electron chi connectivity index (χ1n) is 9.32. The Balaban J connectivity index is 1.35. The molecule has 0 saturated heterocycles. The molecule has 8 heteroatoms. The molecule has 2 aromatic heterocycles. The van der Waals surface area contributed by atoms with Gasteiger partial charge in [-0.1, -0.05) is 12.1 Å². The van der Waals surface area contributed by atoms with Crippen LogP contribution in [-0.4, -0.2) is 36.9 Å². The maximum absolute atomic E-state index is 11.2. The summed E-state index contributed by atoms with van der Waals surface area (Å²) < 4.78 is 17.1. The minimum atomic E-state index is -0.946. The Kier molecular flexibility index (Phi) is 6.03. The normalized spacial score (nSPS) is 13.3. The number of carboxylic acids is 1. The topological polar surface area (TPSA) is 68.2 Å². The molecule has 0 bridgehead atoms. The Morgan fingerprint density at radius 2 is 1.76 bits per heavy atom. The fraction of sp³-hybridized carbons (Fsp3) is 0.286. The van der Waals surface area contributed by atoms with Gasteiger partial charge < -0.3 is 24.2 Å². The summed E-state index contributed by atoms with van der Waals surface area (Å²) in [5.41, 5.74) is 0.901. The molecule has 0 fully saturated rings. The number of thiophene rings is 2. The number of carbonyl (C=O) groups is 1. The standard InChI is InChI=1S/C21H21NO5S2/c1-2-25-18(21(23)24)13-14-3-5-15(6-4-14)26-10-9-22-19-16(7-11-28-19)27-17-8-12-29-20(17)22/h3-8,11-12,18H,2,9-10,13H2,1H3,(H,23,24). The first-order chi connectivity index (χ1) is 14.2. The van der Waals surface area contributed by atoms with Gasteiger partial charge in [0.15, 0.2) is 17.6 Å². The Morgan fingerprint density at radius 3 is 2.34 bits per heavy atom. The quantitative estimate of drug-likeness (QED) is 0.504. The molecule has 3 aromatic rings. The van der Waals surface area contributed by atoms with Crippen LogP contribution in [0.5, 0.6) is 17.2 Å². The van der Waals surface area contributed by atoms with Crippen LogP contribution in [0.15, 0.2) is 47.2 Å². The van der Waals surface area contributed by atoms with E-state index in [0.29, 0.717) is 26.2 Å². The fourth-order valence-corrected chi connectivity index (χ4v) is 4.92. The molecule has 1 unspecified atom stereocenters. The molecule has 0 aliphatic carbocycles. The molecule has 0 saturated carbocycles. The number of hydrogen-bond acceptors (Lipinski definition) is 7. The zero-order valence-electron chi connectivity index (χ0n) is 15.9. The molecule has 1 aromatic carbocycles. The van der Waals surface area contributed by atoms with E-state index in [1.165, 1.54) is 0 Å². The van der Waals surface area contributed by atoms with Crippen LogP contribution in [0.1, 0.15) is 12.5 Å². The number of anilines is 2. The number of benzene rings is 1. The Bertz CT molecular complexity index is 925. The first kappa shape index (κ1) is 19.8.